The fourth-order valence-corrected chi connectivity index (χ4v) is 2.86. The maximum atomic E-state index is 12.9. The van der Waals surface area contributed by atoms with Gasteiger partial charge in [0, 0.05) is 10.6 Å². The van der Waals surface area contributed by atoms with Crippen LogP contribution in [0.4, 0.5) is 39.5 Å². The molecule has 0 fully saturated rings. The lowest BCUT2D eigenvalue weighted by atomic mass is 10.0. The number of alkyl halides is 9. The lowest BCUT2D eigenvalue weighted by Crippen LogP contribution is -2.11. The molecule has 2 aromatic carbocycles. The zero-order valence-corrected chi connectivity index (χ0v) is 16.8. The van der Waals surface area contributed by atoms with Gasteiger partial charge in [-0.15, -0.1) is 0 Å². The van der Waals surface area contributed by atoms with Crippen molar-refractivity contribution in [1.29, 1.82) is 0 Å². The van der Waals surface area contributed by atoms with E-state index in [9.17, 15) is 39.5 Å². The Balaban J connectivity index is 2.26. The summed E-state index contributed by atoms with van der Waals surface area (Å²) in [6.45, 7) is -0.485. The molecule has 2 rings (SSSR count). The molecule has 0 radical (unpaired) electrons. The molecule has 3 nitrogen and oxygen atoms in total. The number of oxime groups is 1. The molecule has 0 bridgehead atoms. The smallest absolute Gasteiger partial charge is 0.411 e. The molecule has 13 heteroatoms. The summed E-state index contributed by atoms with van der Waals surface area (Å²) in [7, 11) is 0. The van der Waals surface area contributed by atoms with Gasteiger partial charge in [-0.25, -0.2) is 0 Å². The number of rotatable bonds is 6. The zero-order valence-electron chi connectivity index (χ0n) is 16.1. The van der Waals surface area contributed by atoms with Crippen molar-refractivity contribution in [2.75, 3.05) is 6.61 Å². The van der Waals surface area contributed by atoms with E-state index in [0.717, 1.165) is 18.2 Å². The minimum absolute atomic E-state index is 0.0305. The van der Waals surface area contributed by atoms with E-state index in [0.29, 0.717) is 30.5 Å². The molecular weight excluding hydrogens is 493 g/mol. The molecule has 0 spiro atoms. The highest BCUT2D eigenvalue weighted by Gasteiger charge is 2.36. The lowest BCUT2D eigenvalue weighted by Gasteiger charge is -2.16. The van der Waals surface area contributed by atoms with Crippen LogP contribution in [0.2, 0.25) is 5.02 Å². The van der Waals surface area contributed by atoms with Crippen LogP contribution in [0.3, 0.4) is 0 Å². The summed E-state index contributed by atoms with van der Waals surface area (Å²) in [6.07, 6.45) is -13.5. The number of halogens is 10. The third-order valence-corrected chi connectivity index (χ3v) is 4.47. The monoisotopic (exact) mass is 505 g/mol. The molecule has 1 N–H and O–H groups in total. The molecule has 0 aliphatic carbocycles. The molecule has 1 atom stereocenters. The first kappa shape index (κ1) is 26.5. The highest BCUT2D eigenvalue weighted by atomic mass is 35.5. The van der Waals surface area contributed by atoms with Gasteiger partial charge in [0.15, 0.2) is 0 Å². The molecule has 0 aliphatic rings. The average molecular weight is 506 g/mol. The summed E-state index contributed by atoms with van der Waals surface area (Å²) < 4.78 is 122. The van der Waals surface area contributed by atoms with E-state index >= 15 is 0 Å². The summed E-state index contributed by atoms with van der Waals surface area (Å²) >= 11 is 5.88. The van der Waals surface area contributed by atoms with Crippen LogP contribution in [0, 0.1) is 0 Å². The average Bonchev–Trinajstić information content (AvgIpc) is 2.68. The Labute approximate surface area is 185 Å². The Hall–Kier alpha value is -2.73. The fourth-order valence-electron chi connectivity index (χ4n) is 2.63. The Morgan fingerprint density at radius 2 is 1.39 bits per heavy atom. The molecular formula is C20H13ClF9NO2. The van der Waals surface area contributed by atoms with Crippen molar-refractivity contribution in [3.8, 4) is 0 Å². The normalized spacial score (nSPS) is 14.4. The minimum atomic E-state index is -5.02. The predicted octanol–water partition coefficient (Wildman–Crippen LogP) is 7.63. The fraction of sp³-hybridized carbons (Fsp3) is 0.250. The van der Waals surface area contributed by atoms with Crippen molar-refractivity contribution in [1.82, 2.24) is 0 Å². The number of benzene rings is 2. The van der Waals surface area contributed by atoms with E-state index in [1.54, 1.807) is 0 Å². The summed E-state index contributed by atoms with van der Waals surface area (Å²) in [5, 5.41) is 11.3. The van der Waals surface area contributed by atoms with Gasteiger partial charge >= 0.3 is 18.5 Å². The third-order valence-electron chi connectivity index (χ3n) is 4.12. The van der Waals surface area contributed by atoms with Crippen LogP contribution < -0.4 is 0 Å². The van der Waals surface area contributed by atoms with Crippen LogP contribution in [-0.2, 0) is 23.3 Å². The first-order valence-corrected chi connectivity index (χ1v) is 9.12. The number of hydrogen-bond donors (Lipinski definition) is 1. The van der Waals surface area contributed by atoms with Gasteiger partial charge < -0.3 is 9.94 Å². The number of hydrogen-bond acceptors (Lipinski definition) is 3. The topological polar surface area (TPSA) is 41.8 Å². The maximum Gasteiger partial charge on any atom is 0.416 e. The van der Waals surface area contributed by atoms with Crippen LogP contribution in [0.15, 0.2) is 47.6 Å². The molecule has 1 unspecified atom stereocenters. The number of ether oxygens (including phenoxy) is 1. The van der Waals surface area contributed by atoms with Gasteiger partial charge in [-0.3, -0.25) is 0 Å². The predicted molar refractivity (Wildman–Crippen MR) is 101 cm³/mol. The summed E-state index contributed by atoms with van der Waals surface area (Å²) in [4.78, 5) is 0. The first-order valence-electron chi connectivity index (χ1n) is 8.74. The molecule has 0 saturated heterocycles. The van der Waals surface area contributed by atoms with Crippen molar-refractivity contribution >= 4 is 23.9 Å². The highest BCUT2D eigenvalue weighted by molar-refractivity contribution is 6.31. The van der Waals surface area contributed by atoms with Crippen LogP contribution in [0.1, 0.15) is 33.9 Å². The van der Waals surface area contributed by atoms with Crippen molar-refractivity contribution in [3.05, 3.63) is 75.3 Å². The van der Waals surface area contributed by atoms with E-state index in [-0.39, 0.29) is 16.7 Å². The van der Waals surface area contributed by atoms with Crippen LogP contribution in [0.25, 0.3) is 6.08 Å². The van der Waals surface area contributed by atoms with Crippen molar-refractivity contribution in [2.45, 2.75) is 24.6 Å². The Kier molecular flexibility index (Phi) is 8.07. The molecule has 33 heavy (non-hydrogen) atoms. The molecule has 180 valence electrons. The largest absolute Gasteiger partial charge is 0.416 e. The van der Waals surface area contributed by atoms with E-state index in [2.05, 4.69) is 5.16 Å². The van der Waals surface area contributed by atoms with E-state index in [1.165, 1.54) is 0 Å². The van der Waals surface area contributed by atoms with Crippen molar-refractivity contribution in [2.24, 2.45) is 5.16 Å². The lowest BCUT2D eigenvalue weighted by molar-refractivity contribution is -0.143. The van der Waals surface area contributed by atoms with Crippen molar-refractivity contribution in [3.63, 3.8) is 0 Å². The second-order valence-corrected chi connectivity index (χ2v) is 6.90. The van der Waals surface area contributed by atoms with Crippen molar-refractivity contribution < 1.29 is 49.5 Å². The Bertz CT molecular complexity index is 995. The van der Waals surface area contributed by atoms with Gasteiger partial charge in [0.2, 0.25) is 0 Å². The standard InChI is InChI=1S/C20H13ClF9NO2/c21-16-4-3-12(18(22,23)24)9-15(16)17(10-31-32)33-5-1-2-11-6-13(19(25,26)27)8-14(7-11)20(28,29)30/h1-4,6-10,17,32H,5H2/b2-1-,31-10+. The highest BCUT2D eigenvalue weighted by Crippen LogP contribution is 2.37. The second kappa shape index (κ2) is 10.0. The summed E-state index contributed by atoms with van der Waals surface area (Å²) in [6, 6.07) is 3.26. The van der Waals surface area contributed by atoms with E-state index in [4.69, 9.17) is 21.5 Å². The molecule has 0 heterocycles. The van der Waals surface area contributed by atoms with Crippen LogP contribution in [-0.4, -0.2) is 18.0 Å². The van der Waals surface area contributed by atoms with E-state index in [1.807, 2.05) is 0 Å². The Morgan fingerprint density at radius 1 is 0.848 bits per heavy atom. The maximum absolute atomic E-state index is 12.9. The molecule has 0 amide bonds. The quantitative estimate of drug-likeness (QED) is 0.190. The van der Waals surface area contributed by atoms with Gasteiger partial charge in [-0.2, -0.15) is 39.5 Å². The molecule has 2 aromatic rings. The first-order chi connectivity index (χ1) is 15.1. The Morgan fingerprint density at radius 3 is 1.88 bits per heavy atom. The molecule has 0 saturated carbocycles. The molecule has 0 aliphatic heterocycles. The van der Waals surface area contributed by atoms with Gasteiger partial charge in [0.1, 0.15) is 6.10 Å². The van der Waals surface area contributed by atoms with Gasteiger partial charge in [0.05, 0.1) is 29.5 Å². The second-order valence-electron chi connectivity index (χ2n) is 6.49. The van der Waals surface area contributed by atoms with Gasteiger partial charge in [-0.1, -0.05) is 28.9 Å². The van der Waals surface area contributed by atoms with Crippen LogP contribution >= 0.6 is 11.6 Å². The zero-order chi connectivity index (χ0) is 25.0. The summed E-state index contributed by atoms with van der Waals surface area (Å²) in [5.41, 5.74) is -4.76. The number of nitrogens with zero attached hydrogens (tertiary/aromatic N) is 1. The third kappa shape index (κ3) is 7.39. The molecule has 0 aromatic heterocycles. The van der Waals surface area contributed by atoms with Gasteiger partial charge in [0.25, 0.3) is 0 Å². The summed E-state index contributed by atoms with van der Waals surface area (Å²) in [5.74, 6) is 0. The minimum Gasteiger partial charge on any atom is -0.411 e. The van der Waals surface area contributed by atoms with Crippen LogP contribution in [0.5, 0.6) is 0 Å². The van der Waals surface area contributed by atoms with E-state index < -0.39 is 53.5 Å². The SMILES string of the molecule is O/N=C/C(OC/C=C\c1cc(C(F)(F)F)cc(C(F)(F)F)c1)c1cc(C(F)(F)F)ccc1Cl. The van der Waals surface area contributed by atoms with Gasteiger partial charge in [-0.05, 0) is 42.0 Å².